The molecule has 0 atom stereocenters. The largest absolute Gasteiger partial charge is 0.348 e. The minimum Gasteiger partial charge on any atom is -0.256 e. The van der Waals surface area contributed by atoms with Gasteiger partial charge in [0.05, 0.1) is 10.6 Å². The van der Waals surface area contributed by atoms with Gasteiger partial charge in [-0.15, -0.1) is 9.81 Å². The van der Waals surface area contributed by atoms with Gasteiger partial charge < -0.3 is 0 Å². The molecule has 0 radical (unpaired) electrons. The first-order valence-corrected chi connectivity index (χ1v) is 3.02. The molecule has 0 aromatic heterocycles. The van der Waals surface area contributed by atoms with E-state index in [-0.39, 0.29) is 0 Å². The summed E-state index contributed by atoms with van der Waals surface area (Å²) >= 11 is 0. The molecular weight excluding hydrogens is 182 g/mol. The number of nitrogens with one attached hydrogen (secondary N) is 1. The molecule has 0 saturated heterocycles. The van der Waals surface area contributed by atoms with Crippen LogP contribution in [0.25, 0.3) is 0 Å². The number of amides is 4. The predicted octanol–water partition coefficient (Wildman–Crippen LogP) is 0.0424. The lowest BCUT2D eigenvalue weighted by Gasteiger charge is -2.09. The zero-order valence-corrected chi connectivity index (χ0v) is 6.92. The Bertz CT molecular complexity index is 217. The summed E-state index contributed by atoms with van der Waals surface area (Å²) < 4.78 is 0. The van der Waals surface area contributed by atoms with Crippen LogP contribution in [0.15, 0.2) is 10.6 Å². The maximum atomic E-state index is 10.7. The number of hydrogen-bond acceptors (Lipinski definition) is 6. The maximum absolute atomic E-state index is 10.7. The van der Waals surface area contributed by atoms with E-state index >= 15 is 0 Å². The topological polar surface area (TPSA) is 112 Å². The van der Waals surface area contributed by atoms with Crippen LogP contribution in [-0.4, -0.2) is 36.2 Å². The van der Waals surface area contributed by atoms with Crippen molar-refractivity contribution in [1.82, 2.24) is 15.3 Å². The molecule has 0 rings (SSSR count). The number of urea groups is 2. The van der Waals surface area contributed by atoms with Gasteiger partial charge in [0.2, 0.25) is 0 Å². The lowest BCUT2D eigenvalue weighted by molar-refractivity contribution is 0.192. The van der Waals surface area contributed by atoms with E-state index in [1.807, 2.05) is 0 Å². The fraction of sp³-hybridized carbons (Fsp3) is 0.500. The molecule has 1 N–H and O–H groups in total. The van der Waals surface area contributed by atoms with Crippen molar-refractivity contribution in [3.63, 3.8) is 0 Å². The minimum absolute atomic E-state index is 0.358. The highest BCUT2D eigenvalue weighted by Crippen LogP contribution is 1.87. The Morgan fingerprint density at radius 3 is 1.54 bits per heavy atom. The first-order chi connectivity index (χ1) is 6.02. The summed E-state index contributed by atoms with van der Waals surface area (Å²) in [5.41, 5.74) is 0. The minimum atomic E-state index is -1.05. The first-order valence-electron chi connectivity index (χ1n) is 3.02. The summed E-state index contributed by atoms with van der Waals surface area (Å²) in [6.07, 6.45) is 0. The van der Waals surface area contributed by atoms with Gasteiger partial charge in [0.25, 0.3) is 0 Å². The number of rotatable bonds is 2. The number of carbonyl (C=O) groups is 2. The third kappa shape index (κ3) is 3.22. The van der Waals surface area contributed by atoms with Gasteiger partial charge in [-0.2, -0.15) is 10.0 Å². The van der Waals surface area contributed by atoms with Crippen molar-refractivity contribution in [2.24, 2.45) is 10.6 Å². The molecule has 0 aliphatic carbocycles. The molecule has 72 valence electrons. The van der Waals surface area contributed by atoms with Crippen LogP contribution in [0.5, 0.6) is 0 Å². The van der Waals surface area contributed by atoms with Gasteiger partial charge in [-0.3, -0.25) is 5.32 Å². The van der Waals surface area contributed by atoms with Crippen LogP contribution >= 0.6 is 0 Å². The summed E-state index contributed by atoms with van der Waals surface area (Å²) in [6, 6.07) is -2.09. The van der Waals surface area contributed by atoms with E-state index in [2.05, 4.69) is 10.6 Å². The van der Waals surface area contributed by atoms with Crippen molar-refractivity contribution in [3.05, 3.63) is 9.81 Å². The second-order valence-corrected chi connectivity index (χ2v) is 1.95. The lowest BCUT2D eigenvalue weighted by atomic mass is 10.8. The van der Waals surface area contributed by atoms with E-state index in [1.165, 1.54) is 0 Å². The summed E-state index contributed by atoms with van der Waals surface area (Å²) in [5.74, 6) is 0. The van der Waals surface area contributed by atoms with E-state index in [9.17, 15) is 19.4 Å². The van der Waals surface area contributed by atoms with Crippen molar-refractivity contribution >= 4 is 12.1 Å². The average molecular weight is 189 g/mol. The number of hydrogen-bond donors (Lipinski definition) is 1. The fourth-order valence-corrected chi connectivity index (χ4v) is 0.327. The van der Waals surface area contributed by atoms with Crippen molar-refractivity contribution in [3.8, 4) is 0 Å². The van der Waals surface area contributed by atoms with Crippen molar-refractivity contribution < 1.29 is 9.59 Å². The van der Waals surface area contributed by atoms with Gasteiger partial charge in [-0.1, -0.05) is 0 Å². The number of imide groups is 1. The molecule has 0 saturated carbocycles. The van der Waals surface area contributed by atoms with Crippen LogP contribution in [-0.2, 0) is 0 Å². The number of nitroso groups, excluding NO2 is 2. The summed E-state index contributed by atoms with van der Waals surface area (Å²) in [5, 5.41) is 6.82. The Morgan fingerprint density at radius 1 is 1.00 bits per heavy atom. The molecule has 0 aliphatic heterocycles. The molecule has 0 aliphatic rings. The number of carbonyl (C=O) groups excluding carboxylic acids is 2. The fourth-order valence-electron chi connectivity index (χ4n) is 0.327. The van der Waals surface area contributed by atoms with Crippen molar-refractivity contribution in [2.45, 2.75) is 0 Å². The molecule has 0 fully saturated rings. The standard InChI is InChI=1S/C4H7N5O4/c1-8(6-12)3(10)5-4(11)9(2)7-13/h1-2H3,(H,5,10,11). The molecule has 0 unspecified atom stereocenters. The van der Waals surface area contributed by atoms with E-state index in [1.54, 1.807) is 5.32 Å². The van der Waals surface area contributed by atoms with Crippen LogP contribution in [0.4, 0.5) is 9.59 Å². The van der Waals surface area contributed by atoms with Crippen LogP contribution in [0.2, 0.25) is 0 Å². The third-order valence-corrected chi connectivity index (χ3v) is 1.05. The predicted molar refractivity (Wildman–Crippen MR) is 41.0 cm³/mol. The molecule has 0 bridgehead atoms. The van der Waals surface area contributed by atoms with Gasteiger partial charge in [-0.25, -0.2) is 9.59 Å². The Morgan fingerprint density at radius 2 is 1.31 bits per heavy atom. The maximum Gasteiger partial charge on any atom is 0.348 e. The highest BCUT2D eigenvalue weighted by Gasteiger charge is 2.15. The van der Waals surface area contributed by atoms with Crippen LogP contribution in [0, 0.1) is 9.81 Å². The van der Waals surface area contributed by atoms with Gasteiger partial charge in [0.15, 0.2) is 0 Å². The van der Waals surface area contributed by atoms with E-state index in [4.69, 9.17) is 0 Å². The number of nitrogens with zero attached hydrogens (tertiary/aromatic N) is 4. The SMILES string of the molecule is CN(N=O)C(=O)NC(=O)N(C)N=O. The van der Waals surface area contributed by atoms with Gasteiger partial charge in [0, 0.05) is 14.1 Å². The van der Waals surface area contributed by atoms with Gasteiger partial charge in [-0.05, 0) is 0 Å². The molecule has 9 heteroatoms. The van der Waals surface area contributed by atoms with Gasteiger partial charge in [0.1, 0.15) is 0 Å². The Hall–Kier alpha value is -2.06. The Labute approximate surface area is 72.6 Å². The zero-order valence-electron chi connectivity index (χ0n) is 6.92. The molecule has 4 amide bonds. The molecule has 0 aromatic carbocycles. The monoisotopic (exact) mass is 189 g/mol. The van der Waals surface area contributed by atoms with E-state index < -0.39 is 12.1 Å². The third-order valence-electron chi connectivity index (χ3n) is 1.05. The molecule has 0 heterocycles. The van der Waals surface area contributed by atoms with Crippen LogP contribution in [0.1, 0.15) is 0 Å². The Kier molecular flexibility index (Phi) is 3.99. The van der Waals surface area contributed by atoms with Crippen molar-refractivity contribution in [1.29, 1.82) is 0 Å². The van der Waals surface area contributed by atoms with Crippen LogP contribution < -0.4 is 5.32 Å². The second kappa shape index (κ2) is 4.74. The first kappa shape index (κ1) is 10.9. The Balaban J connectivity index is 4.13. The van der Waals surface area contributed by atoms with Crippen LogP contribution in [0.3, 0.4) is 0 Å². The quantitative estimate of drug-likeness (QED) is 0.488. The van der Waals surface area contributed by atoms with Gasteiger partial charge >= 0.3 is 12.1 Å². The zero-order chi connectivity index (χ0) is 10.4. The molecular formula is C4H7N5O4. The van der Waals surface area contributed by atoms with Crippen molar-refractivity contribution in [2.75, 3.05) is 14.1 Å². The molecule has 9 nitrogen and oxygen atoms in total. The average Bonchev–Trinajstić information content (AvgIpc) is 2.14. The summed E-state index contributed by atoms with van der Waals surface area (Å²) in [6.45, 7) is 0. The summed E-state index contributed by atoms with van der Waals surface area (Å²) in [7, 11) is 2.09. The van der Waals surface area contributed by atoms with E-state index in [0.29, 0.717) is 10.0 Å². The highest BCUT2D eigenvalue weighted by atomic mass is 16.3. The summed E-state index contributed by atoms with van der Waals surface area (Å²) in [4.78, 5) is 41.0. The lowest BCUT2D eigenvalue weighted by Crippen LogP contribution is -2.42. The normalized spacial score (nSPS) is 8.46. The highest BCUT2D eigenvalue weighted by molar-refractivity contribution is 5.92. The second-order valence-electron chi connectivity index (χ2n) is 1.95. The molecule has 0 spiro atoms. The smallest absolute Gasteiger partial charge is 0.256 e. The molecule has 13 heavy (non-hydrogen) atoms. The molecule has 0 aromatic rings. The van der Waals surface area contributed by atoms with E-state index in [0.717, 1.165) is 14.1 Å².